The van der Waals surface area contributed by atoms with Crippen LogP contribution in [0.25, 0.3) is 0 Å². The highest BCUT2D eigenvalue weighted by molar-refractivity contribution is 9.10. The number of halogens is 1. The lowest BCUT2D eigenvalue weighted by Gasteiger charge is -2.11. The number of hydrogen-bond acceptors (Lipinski definition) is 5. The fraction of sp³-hybridized carbons (Fsp3) is 0.278. The molecule has 0 atom stereocenters. The molecule has 0 unspecified atom stereocenters. The van der Waals surface area contributed by atoms with Crippen molar-refractivity contribution in [3.05, 3.63) is 44.2 Å². The Labute approximate surface area is 169 Å². The number of thiophene rings is 1. The Kier molecular flexibility index (Phi) is 5.91. The fourth-order valence-corrected chi connectivity index (χ4v) is 4.80. The number of amides is 1. The van der Waals surface area contributed by atoms with Crippen LogP contribution in [0.4, 0.5) is 5.00 Å². The van der Waals surface area contributed by atoms with Crippen LogP contribution < -0.4 is 15.4 Å². The van der Waals surface area contributed by atoms with Gasteiger partial charge in [-0.25, -0.2) is 0 Å². The minimum absolute atomic E-state index is 0.159. The van der Waals surface area contributed by atoms with Crippen molar-refractivity contribution in [1.82, 2.24) is 5.32 Å². The Hall–Kier alpha value is -1.95. The van der Waals surface area contributed by atoms with Crippen LogP contribution in [0.15, 0.2) is 22.7 Å². The number of rotatable bonds is 3. The molecule has 0 spiro atoms. The summed E-state index contributed by atoms with van der Waals surface area (Å²) in [5.41, 5.74) is 2.13. The van der Waals surface area contributed by atoms with Gasteiger partial charge in [0.05, 0.1) is 18.2 Å². The van der Waals surface area contributed by atoms with Gasteiger partial charge in [0.15, 0.2) is 5.11 Å². The SMILES string of the molecule is COc1ccc(Br)cc1C(=O)NC(=S)Nc1sc2c(c1C#N)CCCC2. The van der Waals surface area contributed by atoms with E-state index in [-0.39, 0.29) is 11.0 Å². The van der Waals surface area contributed by atoms with Gasteiger partial charge < -0.3 is 10.1 Å². The zero-order valence-corrected chi connectivity index (χ0v) is 17.2. The monoisotopic (exact) mass is 449 g/mol. The molecular weight excluding hydrogens is 434 g/mol. The number of nitrogens with one attached hydrogen (secondary N) is 2. The van der Waals surface area contributed by atoms with Crippen LogP contribution in [-0.4, -0.2) is 18.1 Å². The van der Waals surface area contributed by atoms with Crippen molar-refractivity contribution in [2.75, 3.05) is 12.4 Å². The highest BCUT2D eigenvalue weighted by Crippen LogP contribution is 2.37. The predicted molar refractivity (Wildman–Crippen MR) is 110 cm³/mol. The van der Waals surface area contributed by atoms with Gasteiger partial charge in [-0.3, -0.25) is 10.1 Å². The van der Waals surface area contributed by atoms with E-state index in [1.807, 2.05) is 0 Å². The predicted octanol–water partition coefficient (Wildman–Crippen LogP) is 4.40. The summed E-state index contributed by atoms with van der Waals surface area (Å²) in [7, 11) is 1.51. The Morgan fingerprint density at radius 1 is 1.38 bits per heavy atom. The molecule has 0 aliphatic heterocycles. The molecular formula is C18H16BrN3O2S2. The van der Waals surface area contributed by atoms with Crippen molar-refractivity contribution in [3.8, 4) is 11.8 Å². The highest BCUT2D eigenvalue weighted by atomic mass is 79.9. The lowest BCUT2D eigenvalue weighted by Crippen LogP contribution is -2.34. The number of carbonyl (C=O) groups excluding carboxylic acids is 1. The van der Waals surface area contributed by atoms with Gasteiger partial charge in [0.2, 0.25) is 0 Å². The molecule has 1 aromatic heterocycles. The number of carbonyl (C=O) groups is 1. The van der Waals surface area contributed by atoms with E-state index in [1.54, 1.807) is 29.5 Å². The average molecular weight is 450 g/mol. The lowest BCUT2D eigenvalue weighted by atomic mass is 9.96. The van der Waals surface area contributed by atoms with Crippen LogP contribution in [-0.2, 0) is 12.8 Å². The molecule has 1 aromatic carbocycles. The third-order valence-corrected chi connectivity index (χ3v) is 6.05. The summed E-state index contributed by atoms with van der Waals surface area (Å²) in [6.07, 6.45) is 4.15. The summed E-state index contributed by atoms with van der Waals surface area (Å²) >= 11 is 10.2. The van der Waals surface area contributed by atoms with E-state index >= 15 is 0 Å². The number of nitriles is 1. The van der Waals surface area contributed by atoms with Crippen molar-refractivity contribution < 1.29 is 9.53 Å². The Morgan fingerprint density at radius 2 is 2.15 bits per heavy atom. The number of methoxy groups -OCH3 is 1. The molecule has 26 heavy (non-hydrogen) atoms. The summed E-state index contributed by atoms with van der Waals surface area (Å²) in [4.78, 5) is 13.8. The topological polar surface area (TPSA) is 74.2 Å². The Balaban J connectivity index is 1.76. The standard InChI is InChI=1S/C18H16BrN3O2S2/c1-24-14-7-6-10(19)8-12(14)16(23)21-18(25)22-17-13(9-20)11-4-2-3-5-15(11)26-17/h6-8H,2-5H2,1H3,(H2,21,22,23,25). The summed E-state index contributed by atoms with van der Waals surface area (Å²) in [6.45, 7) is 0. The van der Waals surface area contributed by atoms with Crippen molar-refractivity contribution in [3.63, 3.8) is 0 Å². The van der Waals surface area contributed by atoms with Gasteiger partial charge >= 0.3 is 0 Å². The number of thiocarbonyl (C=S) groups is 1. The molecule has 8 heteroatoms. The minimum atomic E-state index is -0.375. The van der Waals surface area contributed by atoms with E-state index in [2.05, 4.69) is 32.6 Å². The van der Waals surface area contributed by atoms with Crippen LogP contribution in [0.2, 0.25) is 0 Å². The van der Waals surface area contributed by atoms with E-state index in [4.69, 9.17) is 17.0 Å². The Morgan fingerprint density at radius 3 is 2.88 bits per heavy atom. The summed E-state index contributed by atoms with van der Waals surface area (Å²) < 4.78 is 5.99. The second kappa shape index (κ2) is 8.16. The molecule has 1 aliphatic carbocycles. The van der Waals surface area contributed by atoms with E-state index < -0.39 is 0 Å². The molecule has 0 saturated carbocycles. The third kappa shape index (κ3) is 3.90. The zero-order valence-electron chi connectivity index (χ0n) is 14.0. The van der Waals surface area contributed by atoms with Gasteiger partial charge in [-0.2, -0.15) is 5.26 Å². The smallest absolute Gasteiger partial charge is 0.261 e. The normalized spacial score (nSPS) is 12.7. The number of aryl methyl sites for hydroxylation is 1. The van der Waals surface area contributed by atoms with Gasteiger partial charge in [0.1, 0.15) is 16.8 Å². The van der Waals surface area contributed by atoms with E-state index in [0.29, 0.717) is 21.9 Å². The number of benzene rings is 1. The van der Waals surface area contributed by atoms with Crippen molar-refractivity contribution in [2.24, 2.45) is 0 Å². The first kappa shape index (κ1) is 18.8. The molecule has 0 saturated heterocycles. The maximum atomic E-state index is 12.5. The number of anilines is 1. The quantitative estimate of drug-likeness (QED) is 0.679. The van der Waals surface area contributed by atoms with Crippen molar-refractivity contribution in [1.29, 1.82) is 5.26 Å². The first-order valence-electron chi connectivity index (χ1n) is 8.04. The molecule has 1 aliphatic rings. The summed E-state index contributed by atoms with van der Waals surface area (Å²) in [6, 6.07) is 7.44. The van der Waals surface area contributed by atoms with Gasteiger partial charge in [-0.05, 0) is 61.7 Å². The lowest BCUT2D eigenvalue weighted by molar-refractivity contribution is 0.0974. The molecule has 2 aromatic rings. The molecule has 5 nitrogen and oxygen atoms in total. The molecule has 3 rings (SSSR count). The first-order chi connectivity index (χ1) is 12.5. The maximum Gasteiger partial charge on any atom is 0.261 e. The number of nitrogens with zero attached hydrogens (tertiary/aromatic N) is 1. The molecule has 134 valence electrons. The van der Waals surface area contributed by atoms with Crippen molar-refractivity contribution >= 4 is 55.5 Å². The second-order valence-corrected chi connectivity index (χ2v) is 8.21. The molecule has 1 heterocycles. The molecule has 2 N–H and O–H groups in total. The molecule has 0 radical (unpaired) electrons. The van der Waals surface area contributed by atoms with Crippen LogP contribution >= 0.6 is 39.5 Å². The molecule has 1 amide bonds. The first-order valence-corrected chi connectivity index (χ1v) is 10.1. The highest BCUT2D eigenvalue weighted by Gasteiger charge is 2.22. The number of ether oxygens (including phenoxy) is 1. The third-order valence-electron chi connectivity index (χ3n) is 4.14. The maximum absolute atomic E-state index is 12.5. The van der Waals surface area contributed by atoms with Crippen molar-refractivity contribution in [2.45, 2.75) is 25.7 Å². The van der Waals surface area contributed by atoms with E-state index in [0.717, 1.165) is 35.7 Å². The number of fused-ring (bicyclic) bond motifs is 1. The van der Waals surface area contributed by atoms with Gasteiger partial charge in [-0.15, -0.1) is 11.3 Å². The Bertz CT molecular complexity index is 918. The average Bonchev–Trinajstić information content (AvgIpc) is 2.98. The summed E-state index contributed by atoms with van der Waals surface area (Å²) in [5.74, 6) is 0.0817. The largest absolute Gasteiger partial charge is 0.496 e. The van der Waals surface area contributed by atoms with Crippen LogP contribution in [0.1, 0.15) is 39.2 Å². The minimum Gasteiger partial charge on any atom is -0.496 e. The second-order valence-electron chi connectivity index (χ2n) is 5.78. The number of hydrogen-bond donors (Lipinski definition) is 2. The van der Waals surface area contributed by atoms with Crippen LogP contribution in [0.3, 0.4) is 0 Å². The molecule has 0 fully saturated rings. The zero-order chi connectivity index (χ0) is 18.7. The van der Waals surface area contributed by atoms with Crippen LogP contribution in [0.5, 0.6) is 5.75 Å². The molecule has 0 bridgehead atoms. The van der Waals surface area contributed by atoms with Gasteiger partial charge in [0.25, 0.3) is 5.91 Å². The summed E-state index contributed by atoms with van der Waals surface area (Å²) in [5, 5.41) is 16.0. The van der Waals surface area contributed by atoms with Gasteiger partial charge in [-0.1, -0.05) is 15.9 Å². The van der Waals surface area contributed by atoms with E-state index in [1.165, 1.54) is 12.0 Å². The van der Waals surface area contributed by atoms with Crippen LogP contribution in [0, 0.1) is 11.3 Å². The van der Waals surface area contributed by atoms with Gasteiger partial charge in [0, 0.05) is 9.35 Å². The van der Waals surface area contributed by atoms with E-state index in [9.17, 15) is 10.1 Å². The fourth-order valence-electron chi connectivity index (χ4n) is 2.93.